The Balaban J connectivity index is 1.80. The number of nitrogens with one attached hydrogen (secondary N) is 2. The van der Waals surface area contributed by atoms with Crippen molar-refractivity contribution in [1.29, 1.82) is 0 Å². The molecule has 3 rings (SSSR count). The number of fused-ring (bicyclic) bond motifs is 1. The number of alkyl halides is 3. The molecule has 1 aliphatic heterocycles. The molecular weight excluding hydrogens is 517 g/mol. The molecule has 1 aliphatic carbocycles. The van der Waals surface area contributed by atoms with E-state index < -0.39 is 43.0 Å². The third-order valence-corrected chi connectivity index (χ3v) is 7.32. The summed E-state index contributed by atoms with van der Waals surface area (Å²) in [5, 5.41) is 15.3. The van der Waals surface area contributed by atoms with Gasteiger partial charge in [0.15, 0.2) is 0 Å². The van der Waals surface area contributed by atoms with Gasteiger partial charge in [0.25, 0.3) is 5.91 Å². The lowest BCUT2D eigenvalue weighted by atomic mass is 9.96. The third-order valence-electron chi connectivity index (χ3n) is 7.32. The number of hydrogen-bond donors (Lipinski definition) is 3. The highest BCUT2D eigenvalue weighted by atomic mass is 19.4. The molecule has 1 aromatic carbocycles. The first-order valence-corrected chi connectivity index (χ1v) is 13.5. The zero-order chi connectivity index (χ0) is 28.7. The number of carbonyl (C=O) groups excluding carboxylic acids is 3. The second-order valence-corrected chi connectivity index (χ2v) is 10.7. The Labute approximate surface area is 227 Å². The van der Waals surface area contributed by atoms with E-state index in [4.69, 9.17) is 4.74 Å². The van der Waals surface area contributed by atoms with E-state index in [0.717, 1.165) is 25.7 Å². The maximum atomic E-state index is 13.5. The molecule has 3 N–H and O–H groups in total. The lowest BCUT2D eigenvalue weighted by molar-refractivity contribution is -0.142. The Morgan fingerprint density at radius 1 is 1.23 bits per heavy atom. The van der Waals surface area contributed by atoms with Crippen LogP contribution in [0.4, 0.5) is 23.7 Å². The zero-order valence-corrected chi connectivity index (χ0v) is 22.7. The molecule has 1 aromatic rings. The Kier molecular flexibility index (Phi) is 10.5. The molecule has 0 saturated heterocycles. The van der Waals surface area contributed by atoms with Gasteiger partial charge < -0.3 is 30.3 Å². The van der Waals surface area contributed by atoms with Crippen LogP contribution in [0, 0.1) is 5.92 Å². The van der Waals surface area contributed by atoms with Gasteiger partial charge in [-0.05, 0) is 38.0 Å². The van der Waals surface area contributed by atoms with Crippen molar-refractivity contribution < 1.29 is 37.4 Å². The summed E-state index contributed by atoms with van der Waals surface area (Å²) in [5.74, 6) is -1.25. The van der Waals surface area contributed by atoms with E-state index in [1.165, 1.54) is 29.5 Å². The summed E-state index contributed by atoms with van der Waals surface area (Å²) in [6.07, 6.45) is -1.70. The fraction of sp³-hybridized carbons (Fsp3) is 0.667. The first kappa shape index (κ1) is 30.5. The Morgan fingerprint density at radius 2 is 1.92 bits per heavy atom. The van der Waals surface area contributed by atoms with Crippen LogP contribution in [-0.4, -0.2) is 83.9 Å². The summed E-state index contributed by atoms with van der Waals surface area (Å²) in [6, 6.07) is 3.74. The van der Waals surface area contributed by atoms with Gasteiger partial charge in [0.1, 0.15) is 11.9 Å². The quantitative estimate of drug-likeness (QED) is 0.445. The number of aliphatic hydroxyl groups excluding tert-OH is 1. The standard InChI is InChI=1S/C27H39F3N4O5/c1-17-14-34(18(2)16-35)25(37)21-13-20(31-24(36)11-12-27(28,29)30)9-10-22(21)39-23(17)15-33(3)26(38)32-19-7-5-4-6-8-19/h9-10,13,17-19,23,35H,4-8,11-12,14-16H2,1-3H3,(H,31,36)(H,32,38)/t17-,18+,23-/m0/s1. The maximum absolute atomic E-state index is 13.5. The molecule has 0 unspecified atom stereocenters. The number of carbonyl (C=O) groups is 3. The first-order valence-electron chi connectivity index (χ1n) is 13.5. The monoisotopic (exact) mass is 556 g/mol. The van der Waals surface area contributed by atoms with Crippen LogP contribution in [0.15, 0.2) is 18.2 Å². The highest BCUT2D eigenvalue weighted by molar-refractivity contribution is 5.99. The van der Waals surface area contributed by atoms with Crippen LogP contribution in [-0.2, 0) is 4.79 Å². The number of urea groups is 1. The van der Waals surface area contributed by atoms with Gasteiger partial charge in [-0.1, -0.05) is 26.2 Å². The molecule has 39 heavy (non-hydrogen) atoms. The predicted molar refractivity (Wildman–Crippen MR) is 140 cm³/mol. The topological polar surface area (TPSA) is 111 Å². The number of halogens is 3. The number of aliphatic hydroxyl groups is 1. The summed E-state index contributed by atoms with van der Waals surface area (Å²) >= 11 is 0. The molecular formula is C27H39F3N4O5. The normalized spacial score (nSPS) is 21.2. The largest absolute Gasteiger partial charge is 0.487 e. The van der Waals surface area contributed by atoms with Gasteiger partial charge >= 0.3 is 12.2 Å². The molecule has 0 radical (unpaired) electrons. The highest BCUT2D eigenvalue weighted by Gasteiger charge is 2.34. The smallest absolute Gasteiger partial charge is 0.389 e. The molecule has 0 spiro atoms. The highest BCUT2D eigenvalue weighted by Crippen LogP contribution is 2.31. The molecule has 0 aromatic heterocycles. The number of rotatable bonds is 8. The van der Waals surface area contributed by atoms with E-state index in [2.05, 4.69) is 10.6 Å². The minimum Gasteiger partial charge on any atom is -0.487 e. The third kappa shape index (κ3) is 8.74. The number of benzene rings is 1. The fourth-order valence-corrected chi connectivity index (χ4v) is 4.88. The van der Waals surface area contributed by atoms with Crippen LogP contribution in [0.5, 0.6) is 5.75 Å². The van der Waals surface area contributed by atoms with Gasteiger partial charge in [-0.3, -0.25) is 9.59 Å². The van der Waals surface area contributed by atoms with Crippen molar-refractivity contribution in [2.45, 2.75) is 83.2 Å². The Morgan fingerprint density at radius 3 is 2.56 bits per heavy atom. The summed E-state index contributed by atoms with van der Waals surface area (Å²) < 4.78 is 43.7. The lowest BCUT2D eigenvalue weighted by Gasteiger charge is -2.38. The average molecular weight is 557 g/mol. The average Bonchev–Trinajstić information content (AvgIpc) is 2.89. The van der Waals surface area contributed by atoms with Crippen molar-refractivity contribution >= 4 is 23.5 Å². The molecule has 9 nitrogen and oxygen atoms in total. The van der Waals surface area contributed by atoms with Crippen molar-refractivity contribution in [2.75, 3.05) is 32.1 Å². The second-order valence-electron chi connectivity index (χ2n) is 10.7. The van der Waals surface area contributed by atoms with Gasteiger partial charge in [-0.25, -0.2) is 4.79 Å². The van der Waals surface area contributed by atoms with Crippen molar-refractivity contribution in [2.24, 2.45) is 5.92 Å². The lowest BCUT2D eigenvalue weighted by Crippen LogP contribution is -2.52. The summed E-state index contributed by atoms with van der Waals surface area (Å²) in [6.45, 7) is 3.81. The number of anilines is 1. The number of likely N-dealkylation sites (N-methyl/N-ethyl adjacent to an activating group) is 1. The first-order chi connectivity index (χ1) is 18.4. The van der Waals surface area contributed by atoms with Gasteiger partial charge in [-0.15, -0.1) is 0 Å². The van der Waals surface area contributed by atoms with Crippen LogP contribution in [0.1, 0.15) is 69.2 Å². The minimum absolute atomic E-state index is 0.107. The molecule has 1 heterocycles. The number of amides is 4. The van der Waals surface area contributed by atoms with Gasteiger partial charge in [-0.2, -0.15) is 13.2 Å². The maximum Gasteiger partial charge on any atom is 0.389 e. The SMILES string of the molecule is C[C@H](CO)N1C[C@H](C)[C@H](CN(C)C(=O)NC2CCCCC2)Oc2ccc(NC(=O)CCC(F)(F)F)cc2C1=O. The minimum atomic E-state index is -4.46. The summed E-state index contributed by atoms with van der Waals surface area (Å²) in [4.78, 5) is 41.5. The molecule has 4 amide bonds. The molecule has 1 saturated carbocycles. The molecule has 2 aliphatic rings. The molecule has 1 fully saturated rings. The van der Waals surface area contributed by atoms with E-state index in [9.17, 15) is 32.7 Å². The fourth-order valence-electron chi connectivity index (χ4n) is 4.88. The van der Waals surface area contributed by atoms with Crippen LogP contribution >= 0.6 is 0 Å². The number of nitrogens with zero attached hydrogens (tertiary/aromatic N) is 2. The van der Waals surface area contributed by atoms with Crippen LogP contribution in [0.3, 0.4) is 0 Å². The van der Waals surface area contributed by atoms with Gasteiger partial charge in [0.2, 0.25) is 5.91 Å². The van der Waals surface area contributed by atoms with Gasteiger partial charge in [0.05, 0.1) is 31.2 Å². The number of hydrogen-bond acceptors (Lipinski definition) is 5. The molecule has 3 atom stereocenters. The molecule has 218 valence electrons. The van der Waals surface area contributed by atoms with Crippen molar-refractivity contribution in [3.05, 3.63) is 23.8 Å². The van der Waals surface area contributed by atoms with E-state index >= 15 is 0 Å². The second kappa shape index (κ2) is 13.4. The number of ether oxygens (including phenoxy) is 1. The predicted octanol–water partition coefficient (Wildman–Crippen LogP) is 4.16. The van der Waals surface area contributed by atoms with Crippen molar-refractivity contribution in [3.63, 3.8) is 0 Å². The van der Waals surface area contributed by atoms with Gasteiger partial charge in [0, 0.05) is 37.7 Å². The molecule has 0 bridgehead atoms. The van der Waals surface area contributed by atoms with Crippen LogP contribution in [0.2, 0.25) is 0 Å². The summed E-state index contributed by atoms with van der Waals surface area (Å²) in [5.41, 5.74) is 0.263. The Bertz CT molecular complexity index is 1020. The zero-order valence-electron chi connectivity index (χ0n) is 22.7. The van der Waals surface area contributed by atoms with Crippen molar-refractivity contribution in [3.8, 4) is 5.75 Å². The summed E-state index contributed by atoms with van der Waals surface area (Å²) in [7, 11) is 1.69. The van der Waals surface area contributed by atoms with E-state index in [-0.39, 0.29) is 54.7 Å². The van der Waals surface area contributed by atoms with E-state index in [0.29, 0.717) is 0 Å². The van der Waals surface area contributed by atoms with Crippen LogP contribution < -0.4 is 15.4 Å². The molecule has 12 heteroatoms. The van der Waals surface area contributed by atoms with E-state index in [1.54, 1.807) is 18.9 Å². The Hall–Kier alpha value is -3.02. The van der Waals surface area contributed by atoms with Crippen LogP contribution in [0.25, 0.3) is 0 Å². The van der Waals surface area contributed by atoms with E-state index in [1.807, 2.05) is 6.92 Å². The van der Waals surface area contributed by atoms with Crippen molar-refractivity contribution in [1.82, 2.24) is 15.1 Å².